The molecule has 0 amide bonds. The summed E-state index contributed by atoms with van der Waals surface area (Å²) in [5.41, 5.74) is 6.78. The second kappa shape index (κ2) is 12.7. The quantitative estimate of drug-likeness (QED) is 0.107. The molecule has 0 saturated carbocycles. The maximum Gasteiger partial charge on any atom is 0.743 e. The molecule has 7 nitrogen and oxygen atoms in total. The van der Waals surface area contributed by atoms with Gasteiger partial charge >= 0.3 is 31.8 Å². The Morgan fingerprint density at radius 1 is 0.533 bits per heavy atom. The normalized spacial score (nSPS) is 11.2. The number of oxazole rings is 2. The Labute approximate surface area is 279 Å². The molecule has 0 fully saturated rings. The van der Waals surface area contributed by atoms with E-state index in [1.54, 1.807) is 22.7 Å². The summed E-state index contributed by atoms with van der Waals surface area (Å²) >= 11 is 1.70. The van der Waals surface area contributed by atoms with Crippen molar-refractivity contribution in [3.05, 3.63) is 120 Å². The SMILES string of the molecule is c1csc(-c2ccc3nc(-c4ccccc4[O][Al][O][Al][O]c4ccccc4-c4nc5ccc(-c6cccs6)cc5o4)oc3c2)c1. The Morgan fingerprint density at radius 2 is 1.02 bits per heavy atom. The fraction of sp³-hybridized carbons (Fsp3) is 0. The summed E-state index contributed by atoms with van der Waals surface area (Å²) in [6.45, 7) is 0. The Kier molecular flexibility index (Phi) is 7.99. The van der Waals surface area contributed by atoms with E-state index in [1.807, 2.05) is 84.9 Å². The summed E-state index contributed by atoms with van der Waals surface area (Å²) in [4.78, 5) is 11.8. The smallest absolute Gasteiger partial charge is 0.627 e. The third-order valence-corrected chi connectivity index (χ3v) is 10.5. The van der Waals surface area contributed by atoms with Crippen molar-refractivity contribution in [2.24, 2.45) is 0 Å². The molecule has 0 bridgehead atoms. The van der Waals surface area contributed by atoms with E-state index >= 15 is 0 Å². The molecule has 0 aliphatic rings. The minimum absolute atomic E-state index is 0.502. The number of hydrogen-bond acceptors (Lipinski definition) is 9. The van der Waals surface area contributed by atoms with Crippen LogP contribution >= 0.6 is 22.7 Å². The van der Waals surface area contributed by atoms with E-state index in [9.17, 15) is 0 Å². The van der Waals surface area contributed by atoms with E-state index in [-0.39, 0.29) is 0 Å². The van der Waals surface area contributed by atoms with Crippen LogP contribution in [0.4, 0.5) is 0 Å². The van der Waals surface area contributed by atoms with Gasteiger partial charge in [0.1, 0.15) is 11.0 Å². The average Bonchev–Trinajstić information content (AvgIpc) is 3.91. The summed E-state index contributed by atoms with van der Waals surface area (Å²) in [7, 11) is 0. The fourth-order valence-electron chi connectivity index (χ4n) is 4.95. The molecule has 0 spiro atoms. The van der Waals surface area contributed by atoms with Crippen molar-refractivity contribution in [1.82, 2.24) is 9.97 Å². The van der Waals surface area contributed by atoms with Crippen molar-refractivity contribution >= 4 is 76.6 Å². The van der Waals surface area contributed by atoms with Crippen LogP contribution in [0.25, 0.3) is 66.0 Å². The van der Waals surface area contributed by atoms with Gasteiger partial charge in [0.05, 0.1) is 22.6 Å². The Morgan fingerprint density at radius 3 is 1.49 bits per heavy atom. The number of hydrogen-bond donors (Lipinski definition) is 0. The summed E-state index contributed by atoms with van der Waals surface area (Å²) in [5.74, 6) is 2.29. The highest BCUT2D eigenvalue weighted by atomic mass is 32.1. The van der Waals surface area contributed by atoms with E-state index < -0.39 is 31.8 Å². The van der Waals surface area contributed by atoms with Gasteiger partial charge in [0.25, 0.3) is 0 Å². The van der Waals surface area contributed by atoms with E-state index in [2.05, 4.69) is 35.0 Å². The first kappa shape index (κ1) is 28.3. The highest BCUT2D eigenvalue weighted by molar-refractivity contribution is 7.13. The van der Waals surface area contributed by atoms with Gasteiger partial charge in [-0.1, -0.05) is 48.5 Å². The standard InChI is InChI=1S/2C17H11NO2S.2Al.O/c2*19-14-5-2-1-4-12(14)17-18-13-8-7-11(10-15(13)20-17)16-6-3-9-21-16;;;/h2*1-10,19H;;;/q;;2*+1;/p-2. The van der Waals surface area contributed by atoms with Crippen LogP contribution in [0.3, 0.4) is 0 Å². The van der Waals surface area contributed by atoms with Crippen molar-refractivity contribution in [2.75, 3.05) is 0 Å². The molecule has 0 saturated heterocycles. The molecule has 0 atom stereocenters. The molecular weight excluding hydrogens is 634 g/mol. The predicted octanol–water partition coefficient (Wildman–Crippen LogP) is 9.30. The highest BCUT2D eigenvalue weighted by Gasteiger charge is 2.18. The Bertz CT molecular complexity index is 2070. The lowest BCUT2D eigenvalue weighted by molar-refractivity contribution is 0.417. The molecule has 0 unspecified atom stereocenters. The van der Waals surface area contributed by atoms with Gasteiger partial charge in [-0.2, -0.15) is 0 Å². The Balaban J connectivity index is 0.933. The van der Waals surface area contributed by atoms with E-state index in [1.165, 1.54) is 9.75 Å². The number of thiophene rings is 2. The Hall–Kier alpha value is -4.16. The number of para-hydroxylation sites is 2. The third kappa shape index (κ3) is 5.96. The lowest BCUT2D eigenvalue weighted by Gasteiger charge is -2.12. The third-order valence-electron chi connectivity index (χ3n) is 7.08. The first-order chi connectivity index (χ1) is 22.3. The molecule has 4 heterocycles. The summed E-state index contributed by atoms with van der Waals surface area (Å²) in [5, 5.41) is 4.13. The molecule has 2 radical (unpaired) electrons. The van der Waals surface area contributed by atoms with E-state index in [4.69, 9.17) is 29.2 Å². The monoisotopic (exact) mass is 654 g/mol. The molecule has 11 heteroatoms. The summed E-state index contributed by atoms with van der Waals surface area (Å²) < 4.78 is 30.4. The van der Waals surface area contributed by atoms with Crippen LogP contribution in [-0.2, 0) is 2.84 Å². The van der Waals surface area contributed by atoms with E-state index in [0.717, 1.165) is 44.5 Å². The lowest BCUT2D eigenvalue weighted by atomic mass is 10.2. The van der Waals surface area contributed by atoms with Crippen molar-refractivity contribution < 1.29 is 19.3 Å². The average molecular weight is 655 g/mol. The molecule has 4 aromatic carbocycles. The zero-order chi connectivity index (χ0) is 30.0. The topological polar surface area (TPSA) is 79.8 Å². The first-order valence-corrected chi connectivity index (χ1v) is 17.6. The van der Waals surface area contributed by atoms with Crippen LogP contribution in [-0.4, -0.2) is 41.7 Å². The zero-order valence-electron chi connectivity index (χ0n) is 23.5. The predicted molar refractivity (Wildman–Crippen MR) is 179 cm³/mol. The molecule has 8 rings (SSSR count). The van der Waals surface area contributed by atoms with Crippen molar-refractivity contribution in [3.63, 3.8) is 0 Å². The van der Waals surface area contributed by atoms with Gasteiger partial charge in [0, 0.05) is 9.75 Å². The molecule has 214 valence electrons. The molecule has 0 aliphatic carbocycles. The van der Waals surface area contributed by atoms with Crippen LogP contribution in [0.2, 0.25) is 0 Å². The van der Waals surface area contributed by atoms with E-state index in [0.29, 0.717) is 23.3 Å². The minimum atomic E-state index is -0.842. The molecule has 45 heavy (non-hydrogen) atoms. The molecule has 0 N–H and O–H groups in total. The summed E-state index contributed by atoms with van der Waals surface area (Å²) in [6.07, 6.45) is 0. The number of aromatic nitrogens is 2. The van der Waals surface area contributed by atoms with Crippen LogP contribution in [0.15, 0.2) is 129 Å². The number of nitrogens with zero attached hydrogens (tertiary/aromatic N) is 2. The van der Waals surface area contributed by atoms with Gasteiger partial charge in [-0.15, -0.1) is 22.7 Å². The second-order valence-corrected chi connectivity index (χ2v) is 13.8. The van der Waals surface area contributed by atoms with Crippen LogP contribution < -0.4 is 7.58 Å². The van der Waals surface area contributed by atoms with Gasteiger partial charge in [-0.05, 0) is 82.6 Å². The van der Waals surface area contributed by atoms with Crippen molar-refractivity contribution in [2.45, 2.75) is 0 Å². The van der Waals surface area contributed by atoms with Crippen LogP contribution in [0, 0.1) is 0 Å². The summed E-state index contributed by atoms with van der Waals surface area (Å²) in [6, 6.07) is 35.8. The molecule has 4 aromatic heterocycles. The molecule has 8 aromatic rings. The van der Waals surface area contributed by atoms with Crippen LogP contribution in [0.5, 0.6) is 11.5 Å². The first-order valence-electron chi connectivity index (χ1n) is 14.0. The van der Waals surface area contributed by atoms with Gasteiger partial charge in [-0.3, -0.25) is 0 Å². The molecule has 0 aliphatic heterocycles. The largest absolute Gasteiger partial charge is 0.743 e. The minimum Gasteiger partial charge on any atom is -0.627 e. The highest BCUT2D eigenvalue weighted by Crippen LogP contribution is 2.36. The maximum absolute atomic E-state index is 6.17. The molecular formula is C34H20Al2N2O5S2. The maximum atomic E-state index is 6.17. The van der Waals surface area contributed by atoms with Gasteiger partial charge in [0.15, 0.2) is 11.2 Å². The van der Waals surface area contributed by atoms with Crippen molar-refractivity contribution in [1.29, 1.82) is 0 Å². The van der Waals surface area contributed by atoms with Crippen molar-refractivity contribution in [3.8, 4) is 55.3 Å². The van der Waals surface area contributed by atoms with Crippen LogP contribution in [0.1, 0.15) is 0 Å². The zero-order valence-corrected chi connectivity index (χ0v) is 27.4. The lowest BCUT2D eigenvalue weighted by Crippen LogP contribution is -2.16. The van der Waals surface area contributed by atoms with Gasteiger partial charge in [0.2, 0.25) is 11.8 Å². The fourth-order valence-corrected chi connectivity index (χ4v) is 7.64. The number of rotatable bonds is 10. The van der Waals surface area contributed by atoms with Gasteiger partial charge in [-0.25, -0.2) is 9.97 Å². The number of benzene rings is 4. The van der Waals surface area contributed by atoms with Gasteiger partial charge < -0.3 is 19.3 Å². The number of fused-ring (bicyclic) bond motifs is 2. The second-order valence-electron chi connectivity index (χ2n) is 9.91.